The van der Waals surface area contributed by atoms with Crippen LogP contribution in [0, 0.1) is 6.92 Å². The summed E-state index contributed by atoms with van der Waals surface area (Å²) in [6, 6.07) is 5.46. The molecule has 7 heteroatoms. The number of rotatable bonds is 2. The summed E-state index contributed by atoms with van der Waals surface area (Å²) < 4.78 is 23.6. The summed E-state index contributed by atoms with van der Waals surface area (Å²) >= 11 is 3.41. The minimum Gasteiger partial charge on any atom is -0.337 e. The van der Waals surface area contributed by atoms with E-state index in [4.69, 9.17) is 5.14 Å². The second-order valence-corrected chi connectivity index (χ2v) is 7.68. The number of amides is 1. The van der Waals surface area contributed by atoms with Gasteiger partial charge in [0.15, 0.2) is 0 Å². The molecule has 0 radical (unpaired) electrons. The molecular weight excluding hydrogens is 344 g/mol. The third kappa shape index (κ3) is 3.21. The first-order valence-electron chi connectivity index (χ1n) is 6.36. The fourth-order valence-electron chi connectivity index (χ4n) is 2.37. The van der Waals surface area contributed by atoms with E-state index in [0.717, 1.165) is 10.0 Å². The zero-order chi connectivity index (χ0) is 14.9. The smallest absolute Gasteiger partial charge is 0.255 e. The molecule has 0 bridgehead atoms. The molecule has 110 valence electrons. The van der Waals surface area contributed by atoms with Crippen molar-refractivity contribution in [3.05, 3.63) is 33.8 Å². The van der Waals surface area contributed by atoms with Gasteiger partial charge in [-0.2, -0.15) is 0 Å². The Hall–Kier alpha value is -0.920. The molecule has 1 aliphatic heterocycles. The van der Waals surface area contributed by atoms with E-state index in [1.807, 2.05) is 19.1 Å². The summed E-state index contributed by atoms with van der Waals surface area (Å²) in [6.07, 6.45) is 1.16. The van der Waals surface area contributed by atoms with E-state index >= 15 is 0 Å². The summed E-state index contributed by atoms with van der Waals surface area (Å²) in [7, 11) is -3.60. The molecule has 1 aromatic carbocycles. The van der Waals surface area contributed by atoms with Crippen LogP contribution >= 0.6 is 15.9 Å². The summed E-state index contributed by atoms with van der Waals surface area (Å²) in [5, 5.41) is 4.53. The van der Waals surface area contributed by atoms with Crippen LogP contribution in [0.5, 0.6) is 0 Å². The van der Waals surface area contributed by atoms with E-state index in [2.05, 4.69) is 15.9 Å². The lowest BCUT2D eigenvalue weighted by Crippen LogP contribution is -2.47. The maximum Gasteiger partial charge on any atom is 0.255 e. The van der Waals surface area contributed by atoms with Crippen molar-refractivity contribution >= 4 is 31.9 Å². The van der Waals surface area contributed by atoms with Crippen LogP contribution in [-0.2, 0) is 10.0 Å². The number of primary sulfonamides is 1. The lowest BCUT2D eigenvalue weighted by Gasteiger charge is -2.31. The number of halogens is 1. The molecule has 1 aromatic rings. The van der Waals surface area contributed by atoms with Gasteiger partial charge in [-0.15, -0.1) is 0 Å². The number of benzene rings is 1. The van der Waals surface area contributed by atoms with Crippen LogP contribution in [0.1, 0.15) is 28.8 Å². The van der Waals surface area contributed by atoms with Gasteiger partial charge in [-0.25, -0.2) is 13.6 Å². The van der Waals surface area contributed by atoms with Crippen molar-refractivity contribution < 1.29 is 13.2 Å². The third-order valence-electron chi connectivity index (χ3n) is 3.55. The molecule has 5 nitrogen and oxygen atoms in total. The van der Waals surface area contributed by atoms with Crippen LogP contribution in [0.25, 0.3) is 0 Å². The first-order chi connectivity index (χ1) is 9.30. The average Bonchev–Trinajstić information content (AvgIpc) is 2.40. The maximum atomic E-state index is 12.5. The van der Waals surface area contributed by atoms with Crippen molar-refractivity contribution in [3.8, 4) is 0 Å². The van der Waals surface area contributed by atoms with Crippen molar-refractivity contribution in [3.63, 3.8) is 0 Å². The second kappa shape index (κ2) is 5.83. The molecule has 1 saturated heterocycles. The van der Waals surface area contributed by atoms with Crippen LogP contribution in [0.15, 0.2) is 22.7 Å². The monoisotopic (exact) mass is 360 g/mol. The molecule has 0 spiro atoms. The number of piperidine rings is 1. The molecule has 2 rings (SSSR count). The first kappa shape index (κ1) is 15.5. The summed E-state index contributed by atoms with van der Waals surface area (Å²) in [4.78, 5) is 14.1. The molecule has 20 heavy (non-hydrogen) atoms. The fourth-order valence-corrected chi connectivity index (χ4v) is 3.69. The Kier molecular flexibility index (Phi) is 4.51. The van der Waals surface area contributed by atoms with Gasteiger partial charge in [-0.05, 0) is 47.3 Å². The van der Waals surface area contributed by atoms with Gasteiger partial charge >= 0.3 is 0 Å². The van der Waals surface area contributed by atoms with Gasteiger partial charge in [-0.3, -0.25) is 4.79 Å². The quantitative estimate of drug-likeness (QED) is 0.870. The molecular formula is C13H17BrN2O3S. The predicted molar refractivity (Wildman–Crippen MR) is 80.9 cm³/mol. The van der Waals surface area contributed by atoms with E-state index in [-0.39, 0.29) is 12.5 Å². The summed E-state index contributed by atoms with van der Waals surface area (Å²) in [5.74, 6) is -0.158. The van der Waals surface area contributed by atoms with E-state index in [1.54, 1.807) is 11.0 Å². The van der Waals surface area contributed by atoms with Gasteiger partial charge in [-0.1, -0.05) is 12.1 Å². The highest BCUT2D eigenvalue weighted by Gasteiger charge is 2.31. The zero-order valence-electron chi connectivity index (χ0n) is 11.2. The van der Waals surface area contributed by atoms with Gasteiger partial charge < -0.3 is 4.90 Å². The third-order valence-corrected chi connectivity index (χ3v) is 5.92. The molecule has 1 fully saturated rings. The van der Waals surface area contributed by atoms with Gasteiger partial charge in [0.2, 0.25) is 10.0 Å². The second-order valence-electron chi connectivity index (χ2n) is 5.04. The Morgan fingerprint density at radius 1 is 1.45 bits per heavy atom. The van der Waals surface area contributed by atoms with E-state index in [0.29, 0.717) is 24.9 Å². The Bertz CT molecular complexity index is 631. The minimum absolute atomic E-state index is 0.158. The number of hydrogen-bond donors (Lipinski definition) is 1. The number of carbonyl (C=O) groups is 1. The molecule has 1 atom stereocenters. The molecule has 0 aliphatic carbocycles. The number of nitrogens with zero attached hydrogens (tertiary/aromatic N) is 1. The minimum atomic E-state index is -3.60. The molecule has 2 N–H and O–H groups in total. The highest BCUT2D eigenvalue weighted by Crippen LogP contribution is 2.24. The number of carbonyl (C=O) groups excluding carboxylic acids is 1. The van der Waals surface area contributed by atoms with E-state index in [9.17, 15) is 13.2 Å². The zero-order valence-corrected chi connectivity index (χ0v) is 13.6. The van der Waals surface area contributed by atoms with Crippen molar-refractivity contribution in [1.29, 1.82) is 0 Å². The van der Waals surface area contributed by atoms with Crippen LogP contribution in [0.4, 0.5) is 0 Å². The summed E-state index contributed by atoms with van der Waals surface area (Å²) in [6.45, 7) is 2.63. The molecule has 0 aromatic heterocycles. The Morgan fingerprint density at radius 3 is 2.80 bits per heavy atom. The molecule has 0 saturated carbocycles. The van der Waals surface area contributed by atoms with Gasteiger partial charge in [0.1, 0.15) is 0 Å². The van der Waals surface area contributed by atoms with Gasteiger partial charge in [0.25, 0.3) is 5.91 Å². The lowest BCUT2D eigenvalue weighted by molar-refractivity contribution is 0.0726. The number of hydrogen-bond acceptors (Lipinski definition) is 3. The highest BCUT2D eigenvalue weighted by atomic mass is 79.9. The van der Waals surface area contributed by atoms with Crippen molar-refractivity contribution in [2.75, 3.05) is 13.1 Å². The Morgan fingerprint density at radius 2 is 2.15 bits per heavy atom. The van der Waals surface area contributed by atoms with Crippen LogP contribution in [0.3, 0.4) is 0 Å². The largest absolute Gasteiger partial charge is 0.337 e. The van der Waals surface area contributed by atoms with Crippen LogP contribution in [-0.4, -0.2) is 37.6 Å². The number of aryl methyl sites for hydroxylation is 1. The average molecular weight is 361 g/mol. The molecule has 1 amide bonds. The van der Waals surface area contributed by atoms with E-state index in [1.165, 1.54) is 0 Å². The normalized spacial score (nSPS) is 19.9. The van der Waals surface area contributed by atoms with Crippen molar-refractivity contribution in [2.45, 2.75) is 25.0 Å². The van der Waals surface area contributed by atoms with Crippen LogP contribution in [0.2, 0.25) is 0 Å². The first-order valence-corrected chi connectivity index (χ1v) is 8.77. The van der Waals surface area contributed by atoms with Crippen molar-refractivity contribution in [1.82, 2.24) is 4.90 Å². The number of nitrogens with two attached hydrogens (primary N) is 1. The van der Waals surface area contributed by atoms with Crippen molar-refractivity contribution in [2.24, 2.45) is 5.14 Å². The van der Waals surface area contributed by atoms with Gasteiger partial charge in [0.05, 0.1) is 10.8 Å². The lowest BCUT2D eigenvalue weighted by atomic mass is 10.1. The van der Waals surface area contributed by atoms with Crippen LogP contribution < -0.4 is 5.14 Å². The Balaban J connectivity index is 2.23. The Labute approximate surface area is 127 Å². The fraction of sp³-hybridized carbons (Fsp3) is 0.462. The molecule has 1 unspecified atom stereocenters. The van der Waals surface area contributed by atoms with E-state index < -0.39 is 15.3 Å². The number of likely N-dealkylation sites (tertiary alicyclic amines) is 1. The highest BCUT2D eigenvalue weighted by molar-refractivity contribution is 9.10. The topological polar surface area (TPSA) is 80.5 Å². The maximum absolute atomic E-state index is 12.5. The summed E-state index contributed by atoms with van der Waals surface area (Å²) in [5.41, 5.74) is 1.52. The molecule has 1 aliphatic rings. The standard InChI is InChI=1S/C13H17BrN2O3S/c1-9-4-2-6-11(12(9)14)13(17)16-7-3-5-10(8-16)20(15,18)19/h2,4,6,10H,3,5,7-8H2,1H3,(H2,15,18,19). The molecule has 1 heterocycles. The van der Waals surface area contributed by atoms with Gasteiger partial charge in [0, 0.05) is 17.6 Å². The number of sulfonamides is 1. The predicted octanol–water partition coefficient (Wildman–Crippen LogP) is 1.65. The SMILES string of the molecule is Cc1cccc(C(=O)N2CCCC(S(N)(=O)=O)C2)c1Br.